The van der Waals surface area contributed by atoms with E-state index < -0.39 is 22.0 Å². The molecule has 2 rings (SSSR count). The molecule has 4 N–H and O–H groups in total. The van der Waals surface area contributed by atoms with Crippen LogP contribution in [0.25, 0.3) is 0 Å². The molecule has 0 bridgehead atoms. The van der Waals surface area contributed by atoms with Crippen LogP contribution in [0.2, 0.25) is 0 Å². The minimum atomic E-state index is -3.41. The summed E-state index contributed by atoms with van der Waals surface area (Å²) in [5.74, 6) is -0.627. The molecule has 2 aromatic carbocycles. The topological polar surface area (TPSA) is 101 Å². The van der Waals surface area contributed by atoms with Crippen LogP contribution in [0.4, 0.5) is 5.69 Å². The molecule has 0 saturated carbocycles. The summed E-state index contributed by atoms with van der Waals surface area (Å²) in [5.41, 5.74) is 8.24. The summed E-state index contributed by atoms with van der Waals surface area (Å²) in [5, 5.41) is 2.92. The van der Waals surface area contributed by atoms with Gasteiger partial charge in [-0.15, -0.1) is 12.4 Å². The van der Waals surface area contributed by atoms with Crippen LogP contribution in [-0.2, 0) is 14.8 Å². The van der Waals surface area contributed by atoms with Gasteiger partial charge in [0.25, 0.3) is 0 Å². The molecule has 3 atom stereocenters. The zero-order valence-corrected chi connectivity index (χ0v) is 17.2. The first-order chi connectivity index (χ1) is 12.2. The molecule has 0 saturated heterocycles. The fourth-order valence-corrected chi connectivity index (χ4v) is 3.30. The van der Waals surface area contributed by atoms with E-state index in [-0.39, 0.29) is 24.4 Å². The molecule has 0 aliphatic rings. The van der Waals surface area contributed by atoms with Gasteiger partial charge in [-0.05, 0) is 24.1 Å². The second kappa shape index (κ2) is 9.73. The molecule has 0 aliphatic heterocycles. The largest absolute Gasteiger partial charge is 0.349 e. The Morgan fingerprint density at radius 3 is 2.15 bits per heavy atom. The molecule has 0 aromatic heterocycles. The highest BCUT2D eigenvalue weighted by Crippen LogP contribution is 2.25. The Balaban J connectivity index is 0.00000364. The van der Waals surface area contributed by atoms with E-state index in [2.05, 4.69) is 10.0 Å². The van der Waals surface area contributed by atoms with E-state index in [1.807, 2.05) is 30.3 Å². The summed E-state index contributed by atoms with van der Waals surface area (Å²) in [7, 11) is -3.41. The Morgan fingerprint density at radius 2 is 1.56 bits per heavy atom. The highest BCUT2D eigenvalue weighted by Gasteiger charge is 2.24. The van der Waals surface area contributed by atoms with Crippen LogP contribution in [0.5, 0.6) is 0 Å². The molecule has 148 valence electrons. The molecule has 0 heterocycles. The summed E-state index contributed by atoms with van der Waals surface area (Å²) >= 11 is 0. The average molecular weight is 412 g/mol. The summed E-state index contributed by atoms with van der Waals surface area (Å²) in [6.45, 7) is 3.59. The molecular formula is C19H26ClN3O3S. The Hall–Kier alpha value is -2.09. The maximum absolute atomic E-state index is 12.6. The van der Waals surface area contributed by atoms with Crippen LogP contribution in [0.1, 0.15) is 37.1 Å². The minimum absolute atomic E-state index is 0. The van der Waals surface area contributed by atoms with Crippen LogP contribution in [0.15, 0.2) is 54.6 Å². The van der Waals surface area contributed by atoms with E-state index in [0.717, 1.165) is 11.8 Å². The Morgan fingerprint density at radius 1 is 1.00 bits per heavy atom. The number of carbonyl (C=O) groups is 1. The molecular weight excluding hydrogens is 386 g/mol. The molecule has 0 aliphatic carbocycles. The fraction of sp³-hybridized carbons (Fsp3) is 0.316. The van der Waals surface area contributed by atoms with Crippen molar-refractivity contribution in [2.75, 3.05) is 11.0 Å². The summed E-state index contributed by atoms with van der Waals surface area (Å²) in [6, 6.07) is 15.6. The molecule has 6 nitrogen and oxygen atoms in total. The number of sulfonamides is 1. The lowest BCUT2D eigenvalue weighted by molar-refractivity contribution is -0.125. The van der Waals surface area contributed by atoms with Crippen LogP contribution in [0.3, 0.4) is 0 Å². The fourth-order valence-electron chi connectivity index (χ4n) is 2.72. The van der Waals surface area contributed by atoms with E-state index in [0.29, 0.717) is 11.3 Å². The molecule has 0 spiro atoms. The predicted molar refractivity (Wildman–Crippen MR) is 111 cm³/mol. The predicted octanol–water partition coefficient (Wildman–Crippen LogP) is 2.99. The summed E-state index contributed by atoms with van der Waals surface area (Å²) in [4.78, 5) is 12.6. The summed E-state index contributed by atoms with van der Waals surface area (Å²) in [6.07, 6.45) is 1.09. The minimum Gasteiger partial charge on any atom is -0.349 e. The van der Waals surface area contributed by atoms with Crippen molar-refractivity contribution in [3.63, 3.8) is 0 Å². The van der Waals surface area contributed by atoms with E-state index in [4.69, 9.17) is 5.73 Å². The van der Waals surface area contributed by atoms with Crippen molar-refractivity contribution in [1.29, 1.82) is 0 Å². The number of nitrogens with one attached hydrogen (secondary N) is 2. The van der Waals surface area contributed by atoms with E-state index in [1.165, 1.54) is 0 Å². The van der Waals surface area contributed by atoms with Crippen LogP contribution >= 0.6 is 12.4 Å². The van der Waals surface area contributed by atoms with Gasteiger partial charge in [0.1, 0.15) is 0 Å². The van der Waals surface area contributed by atoms with E-state index >= 15 is 0 Å². The SMILES string of the molecule is CC(NC(=O)C(C)C(N)c1ccccc1)c1ccccc1NS(C)(=O)=O.Cl. The van der Waals surface area contributed by atoms with Gasteiger partial charge in [-0.25, -0.2) is 8.42 Å². The third-order valence-corrected chi connectivity index (χ3v) is 4.81. The number of nitrogens with two attached hydrogens (primary N) is 1. The number of hydrogen-bond donors (Lipinski definition) is 3. The Bertz CT molecular complexity index is 860. The molecule has 1 amide bonds. The first kappa shape index (κ1) is 23.0. The van der Waals surface area contributed by atoms with Crippen molar-refractivity contribution in [3.05, 3.63) is 65.7 Å². The average Bonchev–Trinajstić information content (AvgIpc) is 2.60. The lowest BCUT2D eigenvalue weighted by Gasteiger charge is -2.23. The zero-order valence-electron chi connectivity index (χ0n) is 15.5. The Labute approximate surface area is 167 Å². The van der Waals surface area contributed by atoms with Crippen LogP contribution in [-0.4, -0.2) is 20.6 Å². The maximum atomic E-state index is 12.6. The van der Waals surface area contributed by atoms with E-state index in [1.54, 1.807) is 38.1 Å². The molecule has 0 radical (unpaired) electrons. The monoisotopic (exact) mass is 411 g/mol. The Kier molecular flexibility index (Phi) is 8.27. The number of hydrogen-bond acceptors (Lipinski definition) is 4. The molecule has 2 aromatic rings. The van der Waals surface area contributed by atoms with Gasteiger partial charge < -0.3 is 11.1 Å². The van der Waals surface area contributed by atoms with Crippen molar-refractivity contribution in [3.8, 4) is 0 Å². The number of halogens is 1. The zero-order chi connectivity index (χ0) is 19.3. The number of carbonyl (C=O) groups excluding carboxylic acids is 1. The van der Waals surface area contributed by atoms with Crippen molar-refractivity contribution in [2.45, 2.75) is 25.9 Å². The maximum Gasteiger partial charge on any atom is 0.229 e. The van der Waals surface area contributed by atoms with Gasteiger partial charge in [-0.3, -0.25) is 9.52 Å². The molecule has 3 unspecified atom stereocenters. The quantitative estimate of drug-likeness (QED) is 0.651. The lowest BCUT2D eigenvalue weighted by Crippen LogP contribution is -2.37. The highest BCUT2D eigenvalue weighted by atomic mass is 35.5. The number of rotatable bonds is 7. The lowest BCUT2D eigenvalue weighted by atomic mass is 9.94. The standard InChI is InChI=1S/C19H25N3O3S.ClH/c1-13(18(20)15-9-5-4-6-10-15)19(23)21-14(2)16-11-7-8-12-17(16)22-26(3,24)25;/h4-14,18,22H,20H2,1-3H3,(H,21,23);1H. The summed E-state index contributed by atoms with van der Waals surface area (Å²) < 4.78 is 25.6. The van der Waals surface area contributed by atoms with Gasteiger partial charge in [-0.1, -0.05) is 55.5 Å². The third-order valence-electron chi connectivity index (χ3n) is 4.22. The number of amides is 1. The van der Waals surface area contributed by atoms with Gasteiger partial charge in [0.05, 0.1) is 23.9 Å². The van der Waals surface area contributed by atoms with Crippen molar-refractivity contribution in [1.82, 2.24) is 5.32 Å². The second-order valence-electron chi connectivity index (χ2n) is 6.42. The van der Waals surface area contributed by atoms with Gasteiger partial charge in [0, 0.05) is 6.04 Å². The molecule has 0 fully saturated rings. The van der Waals surface area contributed by atoms with Gasteiger partial charge >= 0.3 is 0 Å². The normalized spacial score (nSPS) is 14.4. The number of anilines is 1. The van der Waals surface area contributed by atoms with Crippen molar-refractivity contribution < 1.29 is 13.2 Å². The number of benzene rings is 2. The van der Waals surface area contributed by atoms with Crippen LogP contribution in [0, 0.1) is 5.92 Å². The van der Waals surface area contributed by atoms with E-state index in [9.17, 15) is 13.2 Å². The highest BCUT2D eigenvalue weighted by molar-refractivity contribution is 7.92. The third kappa shape index (κ3) is 6.53. The van der Waals surface area contributed by atoms with Crippen molar-refractivity contribution >= 4 is 34.0 Å². The second-order valence-corrected chi connectivity index (χ2v) is 8.17. The number of para-hydroxylation sites is 1. The van der Waals surface area contributed by atoms with Gasteiger partial charge in [0.15, 0.2) is 0 Å². The van der Waals surface area contributed by atoms with Gasteiger partial charge in [0.2, 0.25) is 15.9 Å². The first-order valence-electron chi connectivity index (χ1n) is 8.36. The molecule has 8 heteroatoms. The van der Waals surface area contributed by atoms with Crippen molar-refractivity contribution in [2.24, 2.45) is 11.7 Å². The van der Waals surface area contributed by atoms with Gasteiger partial charge in [-0.2, -0.15) is 0 Å². The molecule has 27 heavy (non-hydrogen) atoms. The van der Waals surface area contributed by atoms with Crippen LogP contribution < -0.4 is 15.8 Å². The first-order valence-corrected chi connectivity index (χ1v) is 10.3. The smallest absolute Gasteiger partial charge is 0.229 e.